The molecule has 0 bridgehead atoms. The zero-order valence-electron chi connectivity index (χ0n) is 13.1. The minimum Gasteiger partial charge on any atom is -0.340 e. The van der Waals surface area contributed by atoms with E-state index in [9.17, 15) is 18.0 Å². The van der Waals surface area contributed by atoms with Crippen LogP contribution in [0, 0.1) is 0 Å². The van der Waals surface area contributed by atoms with Crippen LogP contribution in [0.5, 0.6) is 0 Å². The molecular weight excluding hydrogens is 331 g/mol. The van der Waals surface area contributed by atoms with E-state index in [2.05, 4.69) is 15.0 Å². The van der Waals surface area contributed by atoms with Crippen LogP contribution in [-0.4, -0.2) is 21.2 Å². The number of imidazole rings is 1. The monoisotopic (exact) mass is 345 g/mol. The molecule has 1 saturated carbocycles. The molecule has 0 radical (unpaired) electrons. The molecule has 0 unspecified atom stereocenters. The van der Waals surface area contributed by atoms with Crippen molar-refractivity contribution in [2.45, 2.75) is 30.9 Å². The van der Waals surface area contributed by atoms with Crippen molar-refractivity contribution in [3.05, 3.63) is 59.0 Å². The number of halogens is 3. The number of benzene rings is 1. The summed E-state index contributed by atoms with van der Waals surface area (Å²) in [5, 5.41) is 0. The Kier molecular flexibility index (Phi) is 3.42. The van der Waals surface area contributed by atoms with Gasteiger partial charge in [0.25, 0.3) is 0 Å². The number of H-pyrrole nitrogens is 1. The van der Waals surface area contributed by atoms with Crippen LogP contribution in [0.4, 0.5) is 13.2 Å². The van der Waals surface area contributed by atoms with Gasteiger partial charge >= 0.3 is 6.18 Å². The Morgan fingerprint density at radius 1 is 1.16 bits per heavy atom. The van der Waals surface area contributed by atoms with Crippen molar-refractivity contribution >= 4 is 17.5 Å². The van der Waals surface area contributed by atoms with Gasteiger partial charge in [0.2, 0.25) is 0 Å². The average molecular weight is 345 g/mol. The van der Waals surface area contributed by atoms with Crippen LogP contribution in [0.1, 0.15) is 46.6 Å². The molecule has 1 fully saturated rings. The molecule has 128 valence electrons. The SMILES string of the molecule is O=Cc1ccc(C2(c3nc4ncc(C(F)(F)F)cc4[nH]3)CCC2)cc1. The van der Waals surface area contributed by atoms with Gasteiger partial charge in [-0.2, -0.15) is 13.2 Å². The maximum atomic E-state index is 12.9. The Labute approximate surface area is 141 Å². The predicted molar refractivity (Wildman–Crippen MR) is 85.4 cm³/mol. The lowest BCUT2D eigenvalue weighted by Gasteiger charge is -2.40. The maximum absolute atomic E-state index is 12.9. The number of aromatic amines is 1. The second-order valence-electron chi connectivity index (χ2n) is 6.35. The second-order valence-corrected chi connectivity index (χ2v) is 6.35. The number of nitrogens with one attached hydrogen (secondary N) is 1. The summed E-state index contributed by atoms with van der Waals surface area (Å²) < 4.78 is 38.6. The molecule has 25 heavy (non-hydrogen) atoms. The molecule has 4 nitrogen and oxygen atoms in total. The van der Waals surface area contributed by atoms with Crippen LogP contribution in [0.25, 0.3) is 11.2 Å². The van der Waals surface area contributed by atoms with E-state index in [0.29, 0.717) is 11.4 Å². The zero-order valence-corrected chi connectivity index (χ0v) is 13.1. The second kappa shape index (κ2) is 5.40. The summed E-state index contributed by atoms with van der Waals surface area (Å²) in [6, 6.07) is 8.28. The van der Waals surface area contributed by atoms with Gasteiger partial charge in [0.05, 0.1) is 16.5 Å². The number of aromatic nitrogens is 3. The topological polar surface area (TPSA) is 58.6 Å². The van der Waals surface area contributed by atoms with Gasteiger partial charge in [-0.15, -0.1) is 0 Å². The van der Waals surface area contributed by atoms with Gasteiger partial charge in [-0.25, -0.2) is 9.97 Å². The van der Waals surface area contributed by atoms with Crippen LogP contribution < -0.4 is 0 Å². The maximum Gasteiger partial charge on any atom is 0.417 e. The van der Waals surface area contributed by atoms with Gasteiger partial charge in [0.15, 0.2) is 5.65 Å². The van der Waals surface area contributed by atoms with Crippen molar-refractivity contribution in [3.63, 3.8) is 0 Å². The summed E-state index contributed by atoms with van der Waals surface area (Å²) in [6.07, 6.45) is -0.155. The van der Waals surface area contributed by atoms with E-state index in [0.717, 1.165) is 43.4 Å². The standard InChI is InChI=1S/C18H14F3N3O/c19-18(20,21)13-8-14-15(22-9-13)24-16(23-14)17(6-1-7-17)12-4-2-11(10-25)3-5-12/h2-5,8-10H,1,6-7H2,(H,22,23,24). The van der Waals surface area contributed by atoms with E-state index in [-0.39, 0.29) is 16.6 Å². The Morgan fingerprint density at radius 3 is 2.44 bits per heavy atom. The van der Waals surface area contributed by atoms with E-state index < -0.39 is 11.7 Å². The van der Waals surface area contributed by atoms with E-state index in [1.807, 2.05) is 12.1 Å². The van der Waals surface area contributed by atoms with Crippen molar-refractivity contribution < 1.29 is 18.0 Å². The zero-order chi connectivity index (χ0) is 17.7. The third kappa shape index (κ3) is 2.50. The molecule has 2 heterocycles. The van der Waals surface area contributed by atoms with Crippen LogP contribution in [0.15, 0.2) is 36.5 Å². The molecule has 1 aromatic carbocycles. The van der Waals surface area contributed by atoms with Gasteiger partial charge in [-0.3, -0.25) is 4.79 Å². The van der Waals surface area contributed by atoms with Crippen molar-refractivity contribution in [2.24, 2.45) is 0 Å². The molecule has 0 saturated heterocycles. The van der Waals surface area contributed by atoms with E-state index in [1.54, 1.807) is 12.1 Å². The van der Waals surface area contributed by atoms with E-state index in [4.69, 9.17) is 0 Å². The van der Waals surface area contributed by atoms with Crippen LogP contribution in [0.3, 0.4) is 0 Å². The largest absolute Gasteiger partial charge is 0.417 e. The molecular formula is C18H14F3N3O. The summed E-state index contributed by atoms with van der Waals surface area (Å²) in [7, 11) is 0. The lowest BCUT2D eigenvalue weighted by Crippen LogP contribution is -2.36. The van der Waals surface area contributed by atoms with Gasteiger partial charge in [0.1, 0.15) is 12.1 Å². The minimum atomic E-state index is -4.44. The Bertz CT molecular complexity index is 940. The van der Waals surface area contributed by atoms with E-state index >= 15 is 0 Å². The third-order valence-electron chi connectivity index (χ3n) is 4.92. The molecule has 1 N–H and O–H groups in total. The van der Waals surface area contributed by atoms with Crippen molar-refractivity contribution in [1.29, 1.82) is 0 Å². The minimum absolute atomic E-state index is 0.277. The summed E-state index contributed by atoms with van der Waals surface area (Å²) >= 11 is 0. The van der Waals surface area contributed by atoms with Crippen molar-refractivity contribution in [3.8, 4) is 0 Å². The first kappa shape index (κ1) is 15.8. The normalized spacial score (nSPS) is 16.6. The summed E-state index contributed by atoms with van der Waals surface area (Å²) in [5.41, 5.74) is 0.979. The van der Waals surface area contributed by atoms with Gasteiger partial charge in [0, 0.05) is 11.8 Å². The molecule has 4 rings (SSSR count). The number of rotatable bonds is 3. The van der Waals surface area contributed by atoms with Gasteiger partial charge in [-0.1, -0.05) is 30.7 Å². The lowest BCUT2D eigenvalue weighted by molar-refractivity contribution is -0.137. The Morgan fingerprint density at radius 2 is 1.88 bits per heavy atom. The molecule has 0 amide bonds. The number of hydrogen-bond donors (Lipinski definition) is 1. The van der Waals surface area contributed by atoms with Crippen LogP contribution >= 0.6 is 0 Å². The number of pyridine rings is 1. The first-order valence-electron chi connectivity index (χ1n) is 7.91. The first-order valence-corrected chi connectivity index (χ1v) is 7.91. The average Bonchev–Trinajstić information content (AvgIpc) is 2.96. The number of fused-ring (bicyclic) bond motifs is 1. The number of nitrogens with zero attached hydrogens (tertiary/aromatic N) is 2. The van der Waals surface area contributed by atoms with E-state index in [1.165, 1.54) is 0 Å². The van der Waals surface area contributed by atoms with Crippen LogP contribution in [0.2, 0.25) is 0 Å². The Hall–Kier alpha value is -2.70. The highest BCUT2D eigenvalue weighted by molar-refractivity contribution is 5.75. The highest BCUT2D eigenvalue weighted by Gasteiger charge is 2.43. The fraction of sp³-hybridized carbons (Fsp3) is 0.278. The Balaban J connectivity index is 1.79. The first-order chi connectivity index (χ1) is 11.9. The number of aldehydes is 1. The summed E-state index contributed by atoms with van der Waals surface area (Å²) in [4.78, 5) is 22.2. The molecule has 7 heteroatoms. The molecule has 1 aliphatic rings. The fourth-order valence-electron chi connectivity index (χ4n) is 3.35. The van der Waals surface area contributed by atoms with Crippen molar-refractivity contribution in [2.75, 3.05) is 0 Å². The van der Waals surface area contributed by atoms with Crippen molar-refractivity contribution in [1.82, 2.24) is 15.0 Å². The number of carbonyl (C=O) groups excluding carboxylic acids is 1. The molecule has 0 spiro atoms. The lowest BCUT2D eigenvalue weighted by atomic mass is 9.64. The molecule has 3 aromatic rings. The number of carbonyl (C=O) groups is 1. The number of hydrogen-bond acceptors (Lipinski definition) is 3. The predicted octanol–water partition coefficient (Wildman–Crippen LogP) is 4.26. The summed E-state index contributed by atoms with van der Waals surface area (Å²) in [5.74, 6) is 0.624. The van der Waals surface area contributed by atoms with Gasteiger partial charge < -0.3 is 4.98 Å². The smallest absolute Gasteiger partial charge is 0.340 e. The molecule has 2 aromatic heterocycles. The highest BCUT2D eigenvalue weighted by atomic mass is 19.4. The third-order valence-corrected chi connectivity index (χ3v) is 4.92. The highest BCUT2D eigenvalue weighted by Crippen LogP contribution is 2.48. The summed E-state index contributed by atoms with van der Waals surface area (Å²) in [6.45, 7) is 0. The molecule has 1 aliphatic carbocycles. The number of alkyl halides is 3. The molecule has 0 aliphatic heterocycles. The fourth-order valence-corrected chi connectivity index (χ4v) is 3.35. The quantitative estimate of drug-likeness (QED) is 0.722. The molecule has 0 atom stereocenters. The van der Waals surface area contributed by atoms with Crippen LogP contribution in [-0.2, 0) is 11.6 Å². The van der Waals surface area contributed by atoms with Gasteiger partial charge in [-0.05, 0) is 24.5 Å².